The average molecular weight is 385 g/mol. The topological polar surface area (TPSA) is 58.2 Å². The zero-order valence-corrected chi connectivity index (χ0v) is 16.5. The Kier molecular flexibility index (Phi) is 6.17. The molecule has 0 bridgehead atoms. The van der Waals surface area contributed by atoms with Gasteiger partial charge in [-0.15, -0.1) is 0 Å². The number of halogens is 1. The Morgan fingerprint density at radius 2 is 1.78 bits per heavy atom. The van der Waals surface area contributed by atoms with Crippen LogP contribution in [0, 0.1) is 25.7 Å². The summed E-state index contributed by atoms with van der Waals surface area (Å²) < 4.78 is 0. The fraction of sp³-hybridized carbons (Fsp3) is 0.364. The molecule has 27 heavy (non-hydrogen) atoms. The number of benzene rings is 2. The Hall–Kier alpha value is -2.33. The summed E-state index contributed by atoms with van der Waals surface area (Å²) in [6.07, 6.45) is 2.41. The van der Waals surface area contributed by atoms with Gasteiger partial charge in [0.2, 0.25) is 11.8 Å². The van der Waals surface area contributed by atoms with Crippen molar-refractivity contribution in [2.75, 3.05) is 11.9 Å². The molecule has 2 N–H and O–H groups in total. The van der Waals surface area contributed by atoms with Crippen LogP contribution < -0.4 is 10.6 Å². The standard InChI is InChI=1S/C22H25ClN2O2/c1-14-11-15(2)20(19(23)12-14)25-22(27)18-13-17(18)21(26)24-10-6-9-16-7-4-3-5-8-16/h3-5,7-8,11-12,17-18H,6,9-10,13H2,1-2H3,(H,24,26)(H,25,27). The van der Waals surface area contributed by atoms with Gasteiger partial charge in [-0.25, -0.2) is 0 Å². The third kappa shape index (κ3) is 5.10. The molecule has 1 aliphatic carbocycles. The van der Waals surface area contributed by atoms with Crippen LogP contribution in [-0.2, 0) is 16.0 Å². The quantitative estimate of drug-likeness (QED) is 0.700. The SMILES string of the molecule is Cc1cc(C)c(NC(=O)C2CC2C(=O)NCCCc2ccccc2)c(Cl)c1. The highest BCUT2D eigenvalue weighted by molar-refractivity contribution is 6.34. The van der Waals surface area contributed by atoms with Crippen LogP contribution in [0.1, 0.15) is 29.5 Å². The Morgan fingerprint density at radius 1 is 1.07 bits per heavy atom. The van der Waals surface area contributed by atoms with Gasteiger partial charge in [0.15, 0.2) is 0 Å². The van der Waals surface area contributed by atoms with Gasteiger partial charge in [-0.2, -0.15) is 0 Å². The molecule has 0 heterocycles. The first-order valence-electron chi connectivity index (χ1n) is 9.35. The molecule has 0 aromatic heterocycles. The van der Waals surface area contributed by atoms with Gasteiger partial charge in [0.25, 0.3) is 0 Å². The number of amides is 2. The van der Waals surface area contributed by atoms with Gasteiger partial charge in [0.1, 0.15) is 0 Å². The van der Waals surface area contributed by atoms with E-state index in [9.17, 15) is 9.59 Å². The van der Waals surface area contributed by atoms with Crippen LogP contribution in [0.15, 0.2) is 42.5 Å². The third-order valence-electron chi connectivity index (χ3n) is 4.93. The Morgan fingerprint density at radius 3 is 2.48 bits per heavy atom. The normalized spacial score (nSPS) is 18.0. The molecular weight excluding hydrogens is 360 g/mol. The molecule has 5 heteroatoms. The van der Waals surface area contributed by atoms with Gasteiger partial charge in [0, 0.05) is 6.54 Å². The lowest BCUT2D eigenvalue weighted by Crippen LogP contribution is -2.28. The van der Waals surface area contributed by atoms with E-state index in [1.54, 1.807) is 0 Å². The lowest BCUT2D eigenvalue weighted by atomic mass is 10.1. The zero-order valence-electron chi connectivity index (χ0n) is 15.7. The molecule has 0 saturated heterocycles. The number of carbonyl (C=O) groups excluding carboxylic acids is 2. The molecule has 1 fully saturated rings. The van der Waals surface area contributed by atoms with Crippen molar-refractivity contribution in [2.24, 2.45) is 11.8 Å². The summed E-state index contributed by atoms with van der Waals surface area (Å²) in [7, 11) is 0. The maximum absolute atomic E-state index is 12.4. The van der Waals surface area contributed by atoms with Crippen LogP contribution in [0.25, 0.3) is 0 Å². The average Bonchev–Trinajstić information content (AvgIpc) is 3.43. The monoisotopic (exact) mass is 384 g/mol. The fourth-order valence-corrected chi connectivity index (χ4v) is 3.71. The first kappa shape index (κ1) is 19.4. The number of rotatable bonds is 7. The Bertz CT molecular complexity index is 812. The van der Waals surface area contributed by atoms with Crippen molar-refractivity contribution < 1.29 is 9.59 Å². The van der Waals surface area contributed by atoms with Crippen LogP contribution in [0.3, 0.4) is 0 Å². The van der Waals surface area contributed by atoms with Crippen molar-refractivity contribution in [3.05, 3.63) is 64.2 Å². The van der Waals surface area contributed by atoms with E-state index in [4.69, 9.17) is 11.6 Å². The molecule has 0 radical (unpaired) electrons. The maximum atomic E-state index is 12.4. The molecule has 1 saturated carbocycles. The van der Waals surface area contributed by atoms with Gasteiger partial charge < -0.3 is 10.6 Å². The lowest BCUT2D eigenvalue weighted by Gasteiger charge is -2.11. The van der Waals surface area contributed by atoms with Crippen molar-refractivity contribution in [1.29, 1.82) is 0 Å². The van der Waals surface area contributed by atoms with Crippen molar-refractivity contribution in [3.8, 4) is 0 Å². The minimum Gasteiger partial charge on any atom is -0.356 e. The largest absolute Gasteiger partial charge is 0.356 e. The molecule has 142 valence electrons. The second-order valence-electron chi connectivity index (χ2n) is 7.26. The Labute approximate surface area is 165 Å². The summed E-state index contributed by atoms with van der Waals surface area (Å²) in [6, 6.07) is 14.0. The number of hydrogen-bond donors (Lipinski definition) is 2. The van der Waals surface area contributed by atoms with Crippen molar-refractivity contribution in [1.82, 2.24) is 5.32 Å². The summed E-state index contributed by atoms with van der Waals surface area (Å²) >= 11 is 6.24. The van der Waals surface area contributed by atoms with Crippen molar-refractivity contribution in [2.45, 2.75) is 33.1 Å². The first-order chi connectivity index (χ1) is 13.0. The Balaban J connectivity index is 1.43. The summed E-state index contributed by atoms with van der Waals surface area (Å²) in [6.45, 7) is 4.50. The predicted molar refractivity (Wildman–Crippen MR) is 109 cm³/mol. The number of anilines is 1. The van der Waals surface area contributed by atoms with Crippen LogP contribution in [0.2, 0.25) is 5.02 Å². The predicted octanol–water partition coefficient (Wildman–Crippen LogP) is 4.28. The molecule has 0 spiro atoms. The fourth-order valence-electron chi connectivity index (χ4n) is 3.34. The summed E-state index contributed by atoms with van der Waals surface area (Å²) in [5, 5.41) is 6.37. The molecule has 1 aliphatic rings. The molecule has 0 aliphatic heterocycles. The van der Waals surface area contributed by atoms with E-state index >= 15 is 0 Å². The van der Waals surface area contributed by atoms with Crippen LogP contribution in [0.4, 0.5) is 5.69 Å². The summed E-state index contributed by atoms with van der Waals surface area (Å²) in [5.74, 6) is -0.662. The van der Waals surface area contributed by atoms with E-state index in [2.05, 4.69) is 22.8 Å². The number of carbonyl (C=O) groups is 2. The molecule has 3 rings (SSSR count). The van der Waals surface area contributed by atoms with E-state index in [1.807, 2.05) is 44.2 Å². The first-order valence-corrected chi connectivity index (χ1v) is 9.72. The van der Waals surface area contributed by atoms with Crippen LogP contribution in [-0.4, -0.2) is 18.4 Å². The van der Waals surface area contributed by atoms with E-state index in [-0.39, 0.29) is 23.7 Å². The van der Waals surface area contributed by atoms with Gasteiger partial charge in [-0.3, -0.25) is 9.59 Å². The van der Waals surface area contributed by atoms with E-state index in [0.29, 0.717) is 23.7 Å². The lowest BCUT2D eigenvalue weighted by molar-refractivity contribution is -0.125. The molecule has 2 unspecified atom stereocenters. The minimum absolute atomic E-state index is 0.0325. The third-order valence-corrected chi connectivity index (χ3v) is 5.23. The zero-order chi connectivity index (χ0) is 19.4. The molecule has 2 atom stereocenters. The smallest absolute Gasteiger partial charge is 0.228 e. The summed E-state index contributed by atoms with van der Waals surface area (Å²) in [5.41, 5.74) is 3.88. The van der Waals surface area contributed by atoms with Crippen molar-refractivity contribution >= 4 is 29.1 Å². The van der Waals surface area contributed by atoms with Gasteiger partial charge in [-0.05, 0) is 55.9 Å². The molecule has 2 aromatic carbocycles. The van der Waals surface area contributed by atoms with Gasteiger partial charge >= 0.3 is 0 Å². The molecular formula is C22H25ClN2O2. The van der Waals surface area contributed by atoms with E-state index in [0.717, 1.165) is 24.0 Å². The van der Waals surface area contributed by atoms with Gasteiger partial charge in [-0.1, -0.05) is 48.0 Å². The molecule has 2 amide bonds. The second kappa shape index (κ2) is 8.57. The summed E-state index contributed by atoms with van der Waals surface area (Å²) in [4.78, 5) is 24.7. The van der Waals surface area contributed by atoms with Gasteiger partial charge in [0.05, 0.1) is 22.5 Å². The highest BCUT2D eigenvalue weighted by Crippen LogP contribution is 2.40. The minimum atomic E-state index is -0.268. The molecule has 2 aromatic rings. The van der Waals surface area contributed by atoms with Crippen LogP contribution >= 0.6 is 11.6 Å². The highest BCUT2D eigenvalue weighted by Gasteiger charge is 2.48. The highest BCUT2D eigenvalue weighted by atomic mass is 35.5. The number of aryl methyl sites for hydroxylation is 3. The number of hydrogen-bond acceptors (Lipinski definition) is 2. The van der Waals surface area contributed by atoms with E-state index < -0.39 is 0 Å². The molecule has 4 nitrogen and oxygen atoms in total. The van der Waals surface area contributed by atoms with Crippen LogP contribution in [0.5, 0.6) is 0 Å². The van der Waals surface area contributed by atoms with Crippen molar-refractivity contribution in [3.63, 3.8) is 0 Å². The maximum Gasteiger partial charge on any atom is 0.228 e. The second-order valence-corrected chi connectivity index (χ2v) is 7.66. The van der Waals surface area contributed by atoms with E-state index in [1.165, 1.54) is 5.56 Å². The number of nitrogens with one attached hydrogen (secondary N) is 2.